The lowest BCUT2D eigenvalue weighted by atomic mass is 10.2. The topological polar surface area (TPSA) is 50.7 Å². The van der Waals surface area contributed by atoms with Gasteiger partial charge in [-0.3, -0.25) is 4.79 Å². The van der Waals surface area contributed by atoms with Crippen molar-refractivity contribution in [2.45, 2.75) is 0 Å². The van der Waals surface area contributed by atoms with Crippen molar-refractivity contribution >= 4 is 23.7 Å². The van der Waals surface area contributed by atoms with Crippen molar-refractivity contribution in [2.75, 3.05) is 6.61 Å². The number of hydrogen-bond donors (Lipinski definition) is 1. The van der Waals surface area contributed by atoms with E-state index in [1.807, 2.05) is 24.3 Å². The van der Waals surface area contributed by atoms with Crippen molar-refractivity contribution in [3.63, 3.8) is 0 Å². The molecule has 0 spiro atoms. The van der Waals surface area contributed by atoms with Gasteiger partial charge in [-0.2, -0.15) is 5.10 Å². The monoisotopic (exact) mass is 314 g/mol. The van der Waals surface area contributed by atoms with E-state index in [9.17, 15) is 4.79 Å². The zero-order valence-corrected chi connectivity index (χ0v) is 12.6. The summed E-state index contributed by atoms with van der Waals surface area (Å²) >= 11 is 5.95. The van der Waals surface area contributed by atoms with Gasteiger partial charge in [0.15, 0.2) is 0 Å². The summed E-state index contributed by atoms with van der Waals surface area (Å²) in [5, 5.41) is 4.31. The number of rotatable bonds is 6. The maximum atomic E-state index is 11.9. The summed E-state index contributed by atoms with van der Waals surface area (Å²) in [6, 6.07) is 14.1. The highest BCUT2D eigenvalue weighted by Crippen LogP contribution is 2.14. The molecule has 0 aliphatic heterocycles. The normalized spacial score (nSPS) is 10.4. The lowest BCUT2D eigenvalue weighted by Crippen LogP contribution is -2.17. The van der Waals surface area contributed by atoms with Crippen LogP contribution >= 0.6 is 11.6 Å². The number of halogens is 1. The van der Waals surface area contributed by atoms with Crippen molar-refractivity contribution in [1.29, 1.82) is 0 Å². The van der Waals surface area contributed by atoms with Crippen LogP contribution < -0.4 is 10.2 Å². The van der Waals surface area contributed by atoms with E-state index >= 15 is 0 Å². The Hall–Kier alpha value is -2.59. The molecular weight excluding hydrogens is 300 g/mol. The van der Waals surface area contributed by atoms with E-state index in [0.717, 1.165) is 5.56 Å². The van der Waals surface area contributed by atoms with Crippen LogP contribution in [0.15, 0.2) is 66.3 Å². The minimum absolute atomic E-state index is 0.360. The average molecular weight is 315 g/mol. The van der Waals surface area contributed by atoms with Crippen LogP contribution in [0.25, 0.3) is 0 Å². The molecule has 5 heteroatoms. The fourth-order valence-electron chi connectivity index (χ4n) is 1.71. The van der Waals surface area contributed by atoms with Crippen LogP contribution in [0.3, 0.4) is 0 Å². The lowest BCUT2D eigenvalue weighted by Gasteiger charge is -2.04. The Kier molecular flexibility index (Phi) is 5.74. The summed E-state index contributed by atoms with van der Waals surface area (Å²) in [5.74, 6) is 0.349. The van der Waals surface area contributed by atoms with Gasteiger partial charge in [0.2, 0.25) is 0 Å². The van der Waals surface area contributed by atoms with E-state index in [4.69, 9.17) is 16.3 Å². The van der Waals surface area contributed by atoms with Gasteiger partial charge >= 0.3 is 0 Å². The number of benzene rings is 2. The molecule has 0 unspecified atom stereocenters. The smallest absolute Gasteiger partial charge is 0.272 e. The van der Waals surface area contributed by atoms with Crippen LogP contribution in [-0.2, 0) is 0 Å². The minimum Gasteiger partial charge on any atom is -0.490 e. The van der Waals surface area contributed by atoms with Crippen molar-refractivity contribution in [1.82, 2.24) is 5.43 Å². The Labute approximate surface area is 134 Å². The summed E-state index contributed by atoms with van der Waals surface area (Å²) in [5.41, 5.74) is 3.63. The summed E-state index contributed by atoms with van der Waals surface area (Å²) in [7, 11) is 0. The van der Waals surface area contributed by atoms with Crippen molar-refractivity contribution in [3.8, 4) is 5.75 Å². The molecule has 0 fully saturated rings. The molecule has 4 nitrogen and oxygen atoms in total. The number of ether oxygens (including phenoxy) is 1. The van der Waals surface area contributed by atoms with Crippen LogP contribution in [0.2, 0.25) is 5.02 Å². The second-order valence-corrected chi connectivity index (χ2v) is 4.76. The number of hydrogen-bond acceptors (Lipinski definition) is 3. The van der Waals surface area contributed by atoms with Gasteiger partial charge in [-0.1, -0.05) is 48.5 Å². The minimum atomic E-state index is -0.360. The van der Waals surface area contributed by atoms with Crippen LogP contribution in [-0.4, -0.2) is 18.7 Å². The third-order valence-corrected chi connectivity index (χ3v) is 3.05. The second-order valence-electron chi connectivity index (χ2n) is 4.35. The molecular formula is C17H15ClN2O2. The second kappa shape index (κ2) is 8.00. The molecule has 0 aromatic heterocycles. The molecule has 0 saturated carbocycles. The van der Waals surface area contributed by atoms with Gasteiger partial charge in [0.1, 0.15) is 12.4 Å². The number of hydrazone groups is 1. The Morgan fingerprint density at radius 3 is 2.86 bits per heavy atom. The quantitative estimate of drug-likeness (QED) is 0.502. The molecule has 22 heavy (non-hydrogen) atoms. The molecule has 0 aliphatic rings. The van der Waals surface area contributed by atoms with E-state index in [2.05, 4.69) is 17.1 Å². The van der Waals surface area contributed by atoms with Crippen molar-refractivity contribution in [3.05, 3.63) is 77.3 Å². The van der Waals surface area contributed by atoms with Gasteiger partial charge in [-0.05, 0) is 29.8 Å². The highest BCUT2D eigenvalue weighted by atomic mass is 35.5. The number of nitrogens with zero attached hydrogens (tertiary/aromatic N) is 1. The van der Waals surface area contributed by atoms with Gasteiger partial charge in [0.05, 0.1) is 16.8 Å². The van der Waals surface area contributed by atoms with Crippen LogP contribution in [0.5, 0.6) is 5.75 Å². The third kappa shape index (κ3) is 4.46. The van der Waals surface area contributed by atoms with Crippen molar-refractivity contribution < 1.29 is 9.53 Å². The maximum absolute atomic E-state index is 11.9. The van der Waals surface area contributed by atoms with Gasteiger partial charge in [-0.15, -0.1) is 0 Å². The predicted octanol–water partition coefficient (Wildman–Crippen LogP) is 3.67. The van der Waals surface area contributed by atoms with Gasteiger partial charge in [0.25, 0.3) is 5.91 Å². The standard InChI is InChI=1S/C17H15ClN2O2/c1-2-10-22-14-7-5-6-13(11-14)12-19-20-17(21)15-8-3-4-9-16(15)18/h2-9,11-12H,1,10H2,(H,20,21)/b19-12+. The van der Waals surface area contributed by atoms with E-state index in [0.29, 0.717) is 22.9 Å². The summed E-state index contributed by atoms with van der Waals surface area (Å²) in [4.78, 5) is 11.9. The molecule has 0 radical (unpaired) electrons. The first kappa shape index (κ1) is 15.8. The number of carbonyl (C=O) groups is 1. The first-order valence-electron chi connectivity index (χ1n) is 6.62. The van der Waals surface area contributed by atoms with E-state index < -0.39 is 0 Å². The SMILES string of the molecule is C=CCOc1cccc(/C=N/NC(=O)c2ccccc2Cl)c1. The number of carbonyl (C=O) groups excluding carboxylic acids is 1. The highest BCUT2D eigenvalue weighted by Gasteiger charge is 2.07. The fourth-order valence-corrected chi connectivity index (χ4v) is 1.93. The van der Waals surface area contributed by atoms with Gasteiger partial charge in [0, 0.05) is 0 Å². The molecule has 1 N–H and O–H groups in total. The first-order valence-corrected chi connectivity index (χ1v) is 7.00. The largest absolute Gasteiger partial charge is 0.490 e. The zero-order valence-electron chi connectivity index (χ0n) is 11.8. The molecule has 1 amide bonds. The van der Waals surface area contributed by atoms with Gasteiger partial charge < -0.3 is 4.74 Å². The molecule has 0 atom stereocenters. The summed E-state index contributed by atoms with van der Waals surface area (Å²) < 4.78 is 5.42. The zero-order chi connectivity index (χ0) is 15.8. The Balaban J connectivity index is 1.99. The summed E-state index contributed by atoms with van der Waals surface area (Å²) in [6.07, 6.45) is 3.21. The molecule has 2 rings (SSSR count). The number of amides is 1. The predicted molar refractivity (Wildman–Crippen MR) is 88.6 cm³/mol. The van der Waals surface area contributed by atoms with Crippen LogP contribution in [0.4, 0.5) is 0 Å². The molecule has 0 bridgehead atoms. The molecule has 2 aromatic carbocycles. The molecule has 0 aliphatic carbocycles. The van der Waals surface area contributed by atoms with Crippen LogP contribution in [0, 0.1) is 0 Å². The van der Waals surface area contributed by atoms with E-state index in [1.165, 1.54) is 6.21 Å². The highest BCUT2D eigenvalue weighted by molar-refractivity contribution is 6.33. The lowest BCUT2D eigenvalue weighted by molar-refractivity contribution is 0.0955. The van der Waals surface area contributed by atoms with E-state index in [1.54, 1.807) is 30.3 Å². The maximum Gasteiger partial charge on any atom is 0.272 e. The molecule has 0 heterocycles. The fraction of sp³-hybridized carbons (Fsp3) is 0.0588. The summed E-state index contributed by atoms with van der Waals surface area (Å²) in [6.45, 7) is 4.03. The molecule has 0 saturated heterocycles. The average Bonchev–Trinajstić information content (AvgIpc) is 2.53. The molecule has 112 valence electrons. The molecule has 2 aromatic rings. The first-order chi connectivity index (χ1) is 10.7. The Bertz CT molecular complexity index is 699. The van der Waals surface area contributed by atoms with E-state index in [-0.39, 0.29) is 5.91 Å². The Morgan fingerprint density at radius 2 is 2.09 bits per heavy atom. The number of nitrogens with one attached hydrogen (secondary N) is 1. The van der Waals surface area contributed by atoms with Gasteiger partial charge in [-0.25, -0.2) is 5.43 Å². The van der Waals surface area contributed by atoms with Crippen molar-refractivity contribution in [2.24, 2.45) is 5.10 Å². The Morgan fingerprint density at radius 1 is 1.27 bits per heavy atom. The third-order valence-electron chi connectivity index (χ3n) is 2.72. The van der Waals surface area contributed by atoms with Crippen LogP contribution in [0.1, 0.15) is 15.9 Å².